The van der Waals surface area contributed by atoms with E-state index in [1.54, 1.807) is 6.07 Å². The third-order valence-corrected chi connectivity index (χ3v) is 3.22. The number of nitrogen functional groups attached to an aromatic ring is 1. The predicted molar refractivity (Wildman–Crippen MR) is 87.6 cm³/mol. The Morgan fingerprint density at radius 1 is 1.19 bits per heavy atom. The van der Waals surface area contributed by atoms with Crippen LogP contribution in [0.15, 0.2) is 24.3 Å². The van der Waals surface area contributed by atoms with Crippen molar-refractivity contribution in [3.05, 3.63) is 24.3 Å². The highest BCUT2D eigenvalue weighted by atomic mass is 16.5. The molecular weight excluding hydrogens is 266 g/mol. The number of rotatable bonds is 10. The van der Waals surface area contributed by atoms with Gasteiger partial charge in [-0.3, -0.25) is 4.90 Å². The van der Waals surface area contributed by atoms with Crippen LogP contribution in [0.2, 0.25) is 0 Å². The number of nitrogens with two attached hydrogens (primary N) is 1. The summed E-state index contributed by atoms with van der Waals surface area (Å²) in [5, 5.41) is 10.1. The van der Waals surface area contributed by atoms with E-state index in [9.17, 15) is 5.11 Å². The number of hydrogen-bond donors (Lipinski definition) is 2. The molecule has 1 unspecified atom stereocenters. The van der Waals surface area contributed by atoms with Crippen molar-refractivity contribution in [1.29, 1.82) is 0 Å². The van der Waals surface area contributed by atoms with E-state index in [1.807, 2.05) is 18.2 Å². The number of aliphatic hydroxyl groups is 1. The van der Waals surface area contributed by atoms with Gasteiger partial charge in [-0.25, -0.2) is 0 Å². The Hall–Kier alpha value is -1.30. The van der Waals surface area contributed by atoms with Gasteiger partial charge in [-0.05, 0) is 39.2 Å². The van der Waals surface area contributed by atoms with E-state index >= 15 is 0 Å². The van der Waals surface area contributed by atoms with Crippen molar-refractivity contribution in [2.45, 2.75) is 19.4 Å². The summed E-state index contributed by atoms with van der Waals surface area (Å²) in [6.45, 7) is 5.95. The fourth-order valence-electron chi connectivity index (χ4n) is 2.10. The minimum atomic E-state index is -0.515. The third kappa shape index (κ3) is 7.32. The van der Waals surface area contributed by atoms with Crippen molar-refractivity contribution in [1.82, 2.24) is 9.80 Å². The lowest BCUT2D eigenvalue weighted by molar-refractivity contribution is 0.0662. The summed E-state index contributed by atoms with van der Waals surface area (Å²) in [6, 6.07) is 7.35. The highest BCUT2D eigenvalue weighted by molar-refractivity contribution is 5.51. The summed E-state index contributed by atoms with van der Waals surface area (Å²) < 4.78 is 5.59. The molecule has 0 aromatic heterocycles. The Kier molecular flexibility index (Phi) is 8.12. The van der Waals surface area contributed by atoms with Gasteiger partial charge < -0.3 is 20.5 Å². The molecule has 0 heterocycles. The van der Waals surface area contributed by atoms with Crippen LogP contribution in [0.1, 0.15) is 13.3 Å². The van der Waals surface area contributed by atoms with Crippen molar-refractivity contribution in [2.75, 3.05) is 52.6 Å². The van der Waals surface area contributed by atoms with Crippen LogP contribution >= 0.6 is 0 Å². The second kappa shape index (κ2) is 9.60. The van der Waals surface area contributed by atoms with Crippen LogP contribution in [0, 0.1) is 0 Å². The van der Waals surface area contributed by atoms with Gasteiger partial charge in [0, 0.05) is 19.6 Å². The molecule has 0 saturated carbocycles. The molecule has 0 fully saturated rings. The van der Waals surface area contributed by atoms with Crippen LogP contribution in [0.25, 0.3) is 0 Å². The number of benzene rings is 1. The smallest absolute Gasteiger partial charge is 0.142 e. The van der Waals surface area contributed by atoms with Crippen LogP contribution in [0.3, 0.4) is 0 Å². The fraction of sp³-hybridized carbons (Fsp3) is 0.625. The van der Waals surface area contributed by atoms with Crippen LogP contribution in [0.5, 0.6) is 5.75 Å². The molecule has 5 nitrogen and oxygen atoms in total. The minimum absolute atomic E-state index is 0.260. The van der Waals surface area contributed by atoms with Gasteiger partial charge in [0.1, 0.15) is 18.5 Å². The summed E-state index contributed by atoms with van der Waals surface area (Å²) in [7, 11) is 4.11. The molecule has 0 aliphatic carbocycles. The van der Waals surface area contributed by atoms with Crippen molar-refractivity contribution < 1.29 is 9.84 Å². The maximum atomic E-state index is 10.1. The summed E-state index contributed by atoms with van der Waals surface area (Å²) >= 11 is 0. The molecule has 3 N–H and O–H groups in total. The molecule has 1 aromatic rings. The summed E-state index contributed by atoms with van der Waals surface area (Å²) in [4.78, 5) is 4.42. The van der Waals surface area contributed by atoms with E-state index in [0.29, 0.717) is 18.0 Å². The zero-order valence-electron chi connectivity index (χ0n) is 13.5. The van der Waals surface area contributed by atoms with Crippen molar-refractivity contribution >= 4 is 5.69 Å². The van der Waals surface area contributed by atoms with Gasteiger partial charge in [-0.2, -0.15) is 0 Å². The van der Waals surface area contributed by atoms with E-state index in [2.05, 4.69) is 30.8 Å². The number of anilines is 1. The van der Waals surface area contributed by atoms with Gasteiger partial charge >= 0.3 is 0 Å². The molecule has 0 radical (unpaired) electrons. The molecule has 1 atom stereocenters. The molecular formula is C16H29N3O2. The lowest BCUT2D eigenvalue weighted by Crippen LogP contribution is -2.39. The summed E-state index contributed by atoms with van der Waals surface area (Å²) in [5.41, 5.74) is 6.41. The van der Waals surface area contributed by atoms with E-state index in [4.69, 9.17) is 10.5 Å². The van der Waals surface area contributed by atoms with Crippen LogP contribution in [-0.2, 0) is 0 Å². The zero-order valence-corrected chi connectivity index (χ0v) is 13.5. The molecule has 0 amide bonds. The Bertz CT molecular complexity index is 399. The number of para-hydroxylation sites is 2. The SMILES string of the molecule is CCCN(CCN(C)C)CC(O)COc1ccccc1N. The largest absolute Gasteiger partial charge is 0.489 e. The molecule has 0 saturated heterocycles. The molecule has 0 aliphatic heterocycles. The number of nitrogens with zero attached hydrogens (tertiary/aromatic N) is 2. The van der Waals surface area contributed by atoms with Crippen molar-refractivity contribution in [3.8, 4) is 5.75 Å². The molecule has 1 aromatic carbocycles. The van der Waals surface area contributed by atoms with Gasteiger partial charge in [-0.1, -0.05) is 19.1 Å². The lowest BCUT2D eigenvalue weighted by atomic mass is 10.3. The van der Waals surface area contributed by atoms with Gasteiger partial charge in [0.05, 0.1) is 5.69 Å². The van der Waals surface area contributed by atoms with Crippen LogP contribution in [0.4, 0.5) is 5.69 Å². The maximum absolute atomic E-state index is 10.1. The van der Waals surface area contributed by atoms with Crippen molar-refractivity contribution in [2.24, 2.45) is 0 Å². The minimum Gasteiger partial charge on any atom is -0.489 e. The van der Waals surface area contributed by atoms with Crippen LogP contribution < -0.4 is 10.5 Å². The van der Waals surface area contributed by atoms with Gasteiger partial charge in [-0.15, -0.1) is 0 Å². The molecule has 120 valence electrons. The van der Waals surface area contributed by atoms with Crippen molar-refractivity contribution in [3.63, 3.8) is 0 Å². The molecule has 5 heteroatoms. The Morgan fingerprint density at radius 2 is 1.90 bits per heavy atom. The Morgan fingerprint density at radius 3 is 2.52 bits per heavy atom. The zero-order chi connectivity index (χ0) is 15.7. The monoisotopic (exact) mass is 295 g/mol. The normalized spacial score (nSPS) is 12.9. The van der Waals surface area contributed by atoms with Gasteiger partial charge in [0.25, 0.3) is 0 Å². The second-order valence-corrected chi connectivity index (χ2v) is 5.61. The highest BCUT2D eigenvalue weighted by Crippen LogP contribution is 2.19. The first-order valence-electron chi connectivity index (χ1n) is 7.55. The first-order valence-corrected chi connectivity index (χ1v) is 7.55. The standard InChI is InChI=1S/C16H29N3O2/c1-4-9-19(11-10-18(2)3)12-14(20)13-21-16-8-6-5-7-15(16)17/h5-8,14,20H,4,9-13,17H2,1-3H3. The molecule has 1 rings (SSSR count). The number of likely N-dealkylation sites (N-methyl/N-ethyl adjacent to an activating group) is 1. The van der Waals surface area contributed by atoms with E-state index in [-0.39, 0.29) is 6.61 Å². The molecule has 0 spiro atoms. The lowest BCUT2D eigenvalue weighted by Gasteiger charge is -2.26. The van der Waals surface area contributed by atoms with E-state index in [0.717, 1.165) is 26.1 Å². The fourth-order valence-corrected chi connectivity index (χ4v) is 2.10. The third-order valence-electron chi connectivity index (χ3n) is 3.22. The Labute approximate surface area is 128 Å². The highest BCUT2D eigenvalue weighted by Gasteiger charge is 2.12. The first-order chi connectivity index (χ1) is 10.0. The first kappa shape index (κ1) is 17.8. The van der Waals surface area contributed by atoms with E-state index < -0.39 is 6.10 Å². The average molecular weight is 295 g/mol. The molecule has 21 heavy (non-hydrogen) atoms. The summed E-state index contributed by atoms with van der Waals surface area (Å²) in [5.74, 6) is 0.631. The number of ether oxygens (including phenoxy) is 1. The van der Waals surface area contributed by atoms with Gasteiger partial charge in [0.15, 0.2) is 0 Å². The quantitative estimate of drug-likeness (QED) is 0.637. The predicted octanol–water partition coefficient (Wildman–Crippen LogP) is 1.28. The average Bonchev–Trinajstić information content (AvgIpc) is 2.44. The van der Waals surface area contributed by atoms with Crippen LogP contribution in [-0.4, -0.2) is 67.9 Å². The van der Waals surface area contributed by atoms with Gasteiger partial charge in [0.2, 0.25) is 0 Å². The van der Waals surface area contributed by atoms with E-state index in [1.165, 1.54) is 0 Å². The topological polar surface area (TPSA) is 62.0 Å². The number of aliphatic hydroxyl groups excluding tert-OH is 1. The Balaban J connectivity index is 2.39. The maximum Gasteiger partial charge on any atom is 0.142 e. The second-order valence-electron chi connectivity index (χ2n) is 5.61. The molecule has 0 aliphatic rings. The number of hydrogen-bond acceptors (Lipinski definition) is 5. The summed E-state index contributed by atoms with van der Waals surface area (Å²) in [6.07, 6.45) is 0.561. The molecule has 0 bridgehead atoms.